The number of rotatable bonds is 1. The number of fused-ring (bicyclic) bond motifs is 1. The van der Waals surface area contributed by atoms with E-state index in [0.29, 0.717) is 22.5 Å². The number of halogens is 2. The van der Waals surface area contributed by atoms with Gasteiger partial charge in [0, 0.05) is 7.05 Å². The third-order valence-electron chi connectivity index (χ3n) is 3.20. The van der Waals surface area contributed by atoms with Crippen molar-refractivity contribution in [3.63, 3.8) is 0 Å². The van der Waals surface area contributed by atoms with E-state index in [1.54, 1.807) is 41.9 Å². The molecule has 0 bridgehead atoms. The van der Waals surface area contributed by atoms with Crippen LogP contribution in [0.3, 0.4) is 0 Å². The molecule has 0 aliphatic heterocycles. The summed E-state index contributed by atoms with van der Waals surface area (Å²) in [6.07, 6.45) is 0. The van der Waals surface area contributed by atoms with Crippen LogP contribution in [0.25, 0.3) is 22.4 Å². The molecule has 20 heavy (non-hydrogen) atoms. The summed E-state index contributed by atoms with van der Waals surface area (Å²) < 4.78 is 15.9. The molecule has 98 valence electrons. The molecule has 0 aliphatic rings. The van der Waals surface area contributed by atoms with Crippen molar-refractivity contribution < 1.29 is 4.39 Å². The Morgan fingerprint density at radius 3 is 2.85 bits per heavy atom. The van der Waals surface area contributed by atoms with Gasteiger partial charge in [-0.3, -0.25) is 0 Å². The van der Waals surface area contributed by atoms with Gasteiger partial charge in [-0.05, 0) is 30.3 Å². The van der Waals surface area contributed by atoms with Gasteiger partial charge in [0.25, 0.3) is 0 Å². The predicted octanol–water partition coefficient (Wildman–Crippen LogP) is 3.90. The molecule has 1 heterocycles. The lowest BCUT2D eigenvalue weighted by Crippen LogP contribution is -1.95. The molecule has 0 N–H and O–H groups in total. The smallest absolute Gasteiger partial charge is 0.152 e. The van der Waals surface area contributed by atoms with Crippen molar-refractivity contribution in [3.8, 4) is 17.5 Å². The summed E-state index contributed by atoms with van der Waals surface area (Å²) in [6, 6.07) is 12.1. The minimum atomic E-state index is -0.493. The molecule has 0 saturated carbocycles. The highest BCUT2D eigenvalue weighted by Gasteiger charge is 2.15. The lowest BCUT2D eigenvalue weighted by molar-refractivity contribution is 0.629. The highest BCUT2D eigenvalue weighted by molar-refractivity contribution is 6.31. The Morgan fingerprint density at radius 1 is 1.30 bits per heavy atom. The standard InChI is InChI=1S/C15H9ClFN3/c1-20-13-6-5-9(8-18)7-12(13)19-15(20)10-3-2-4-11(16)14(10)17/h2-7H,1H3. The van der Waals surface area contributed by atoms with Gasteiger partial charge < -0.3 is 4.57 Å². The number of hydrogen-bond donors (Lipinski definition) is 0. The fourth-order valence-corrected chi connectivity index (χ4v) is 2.36. The van der Waals surface area contributed by atoms with Crippen LogP contribution in [-0.2, 0) is 7.05 Å². The molecule has 0 fully saturated rings. The predicted molar refractivity (Wildman–Crippen MR) is 75.8 cm³/mol. The van der Waals surface area contributed by atoms with Gasteiger partial charge in [-0.25, -0.2) is 9.37 Å². The van der Waals surface area contributed by atoms with E-state index in [-0.39, 0.29) is 5.02 Å². The maximum absolute atomic E-state index is 14.1. The molecule has 0 aliphatic carbocycles. The third-order valence-corrected chi connectivity index (χ3v) is 3.49. The maximum atomic E-state index is 14.1. The van der Waals surface area contributed by atoms with Gasteiger partial charge in [-0.2, -0.15) is 5.26 Å². The minimum Gasteiger partial charge on any atom is -0.327 e. The molecular weight excluding hydrogens is 277 g/mol. The van der Waals surface area contributed by atoms with Gasteiger partial charge >= 0.3 is 0 Å². The van der Waals surface area contributed by atoms with Gasteiger partial charge in [-0.1, -0.05) is 17.7 Å². The van der Waals surface area contributed by atoms with Crippen molar-refractivity contribution in [1.29, 1.82) is 5.26 Å². The van der Waals surface area contributed by atoms with E-state index in [0.717, 1.165) is 5.52 Å². The van der Waals surface area contributed by atoms with Crippen molar-refractivity contribution in [2.75, 3.05) is 0 Å². The SMILES string of the molecule is Cn1c(-c2cccc(Cl)c2F)nc2cc(C#N)ccc21. The maximum Gasteiger partial charge on any atom is 0.152 e. The number of hydrogen-bond acceptors (Lipinski definition) is 2. The fraction of sp³-hybridized carbons (Fsp3) is 0.0667. The van der Waals surface area contributed by atoms with Crippen LogP contribution >= 0.6 is 11.6 Å². The van der Waals surface area contributed by atoms with Crippen molar-refractivity contribution in [2.24, 2.45) is 7.05 Å². The van der Waals surface area contributed by atoms with E-state index in [1.165, 1.54) is 6.07 Å². The molecule has 0 spiro atoms. The number of nitriles is 1. The van der Waals surface area contributed by atoms with Crippen LogP contribution in [0.5, 0.6) is 0 Å². The van der Waals surface area contributed by atoms with Crippen LogP contribution in [0.2, 0.25) is 5.02 Å². The highest BCUT2D eigenvalue weighted by Crippen LogP contribution is 2.29. The van der Waals surface area contributed by atoms with E-state index in [1.807, 2.05) is 0 Å². The van der Waals surface area contributed by atoms with Gasteiger partial charge in [0.05, 0.1) is 33.3 Å². The summed E-state index contributed by atoms with van der Waals surface area (Å²) in [5.74, 6) is -0.0110. The first-order chi connectivity index (χ1) is 9.61. The lowest BCUT2D eigenvalue weighted by Gasteiger charge is -2.04. The molecule has 3 nitrogen and oxygen atoms in total. The topological polar surface area (TPSA) is 41.6 Å². The zero-order valence-corrected chi connectivity index (χ0v) is 11.3. The van der Waals surface area contributed by atoms with Crippen LogP contribution in [0.15, 0.2) is 36.4 Å². The number of aromatic nitrogens is 2. The number of aryl methyl sites for hydroxylation is 1. The Bertz CT molecular complexity index is 861. The first kappa shape index (κ1) is 12.6. The Morgan fingerprint density at radius 2 is 2.10 bits per heavy atom. The highest BCUT2D eigenvalue weighted by atomic mass is 35.5. The molecule has 0 atom stereocenters. The van der Waals surface area contributed by atoms with Crippen LogP contribution in [-0.4, -0.2) is 9.55 Å². The van der Waals surface area contributed by atoms with E-state index in [4.69, 9.17) is 16.9 Å². The number of benzene rings is 2. The van der Waals surface area contributed by atoms with Crippen molar-refractivity contribution in [2.45, 2.75) is 0 Å². The number of imidazole rings is 1. The van der Waals surface area contributed by atoms with Crippen LogP contribution in [0.4, 0.5) is 4.39 Å². The second-order valence-corrected chi connectivity index (χ2v) is 4.82. The normalized spacial score (nSPS) is 10.7. The minimum absolute atomic E-state index is 0.0623. The molecule has 3 aromatic rings. The van der Waals surface area contributed by atoms with Gasteiger partial charge in [0.15, 0.2) is 5.82 Å². The largest absolute Gasteiger partial charge is 0.327 e. The summed E-state index contributed by atoms with van der Waals surface area (Å²) in [6.45, 7) is 0. The quantitative estimate of drug-likeness (QED) is 0.680. The average molecular weight is 286 g/mol. The Balaban J connectivity index is 2.30. The van der Waals surface area contributed by atoms with Gasteiger partial charge in [0.1, 0.15) is 5.82 Å². The van der Waals surface area contributed by atoms with E-state index in [9.17, 15) is 4.39 Å². The van der Waals surface area contributed by atoms with Crippen molar-refractivity contribution in [1.82, 2.24) is 9.55 Å². The summed E-state index contributed by atoms with van der Waals surface area (Å²) in [7, 11) is 1.80. The molecule has 0 amide bonds. The molecule has 0 radical (unpaired) electrons. The Labute approximate surface area is 119 Å². The lowest BCUT2D eigenvalue weighted by atomic mass is 10.2. The molecule has 2 aromatic carbocycles. The van der Waals surface area contributed by atoms with Crippen molar-refractivity contribution in [3.05, 3.63) is 52.8 Å². The summed E-state index contributed by atoms with van der Waals surface area (Å²) in [5, 5.41) is 8.97. The Hall–Kier alpha value is -2.38. The zero-order valence-electron chi connectivity index (χ0n) is 10.6. The summed E-state index contributed by atoms with van der Waals surface area (Å²) >= 11 is 5.81. The molecule has 0 unspecified atom stereocenters. The summed E-state index contributed by atoms with van der Waals surface area (Å²) in [4.78, 5) is 4.41. The average Bonchev–Trinajstić information content (AvgIpc) is 2.78. The van der Waals surface area contributed by atoms with Crippen LogP contribution < -0.4 is 0 Å². The third kappa shape index (κ3) is 1.84. The van der Waals surface area contributed by atoms with E-state index >= 15 is 0 Å². The zero-order chi connectivity index (χ0) is 14.3. The van der Waals surface area contributed by atoms with E-state index in [2.05, 4.69) is 11.1 Å². The second kappa shape index (κ2) is 4.62. The number of nitrogens with zero attached hydrogens (tertiary/aromatic N) is 3. The van der Waals surface area contributed by atoms with Crippen LogP contribution in [0, 0.1) is 17.1 Å². The second-order valence-electron chi connectivity index (χ2n) is 4.41. The summed E-state index contributed by atoms with van der Waals surface area (Å²) in [5.41, 5.74) is 2.35. The van der Waals surface area contributed by atoms with Crippen molar-refractivity contribution >= 4 is 22.6 Å². The van der Waals surface area contributed by atoms with Gasteiger partial charge in [0.2, 0.25) is 0 Å². The molecule has 0 saturated heterocycles. The Kier molecular flexibility index (Phi) is 2.92. The monoisotopic (exact) mass is 285 g/mol. The molecule has 1 aromatic heterocycles. The fourth-order valence-electron chi connectivity index (χ4n) is 2.19. The first-order valence-electron chi connectivity index (χ1n) is 5.93. The van der Waals surface area contributed by atoms with Crippen LogP contribution in [0.1, 0.15) is 5.56 Å². The van der Waals surface area contributed by atoms with Gasteiger partial charge in [-0.15, -0.1) is 0 Å². The molecule has 3 rings (SSSR count). The molecular formula is C15H9ClFN3. The first-order valence-corrected chi connectivity index (χ1v) is 6.30. The molecule has 5 heteroatoms. The van der Waals surface area contributed by atoms with E-state index < -0.39 is 5.82 Å².